The number of hydrogen-bond donors (Lipinski definition) is 1. The predicted octanol–water partition coefficient (Wildman–Crippen LogP) is 4.44. The van der Waals surface area contributed by atoms with Crippen LogP contribution in [0.5, 0.6) is 0 Å². The third kappa shape index (κ3) is 5.07. The van der Waals surface area contributed by atoms with Crippen LogP contribution in [0.4, 0.5) is 0 Å². The molecule has 0 spiro atoms. The van der Waals surface area contributed by atoms with E-state index in [2.05, 4.69) is 80.0 Å². The van der Waals surface area contributed by atoms with Crippen molar-refractivity contribution in [2.75, 3.05) is 39.3 Å². The molecule has 1 unspecified atom stereocenters. The molecule has 5 nitrogen and oxygen atoms in total. The van der Waals surface area contributed by atoms with Gasteiger partial charge in [-0.25, -0.2) is 0 Å². The molecule has 1 N–H and O–H groups in total. The highest BCUT2D eigenvalue weighted by atomic mass is 32.1. The molecule has 1 atom stereocenters. The Morgan fingerprint density at radius 1 is 0.914 bits per heavy atom. The van der Waals surface area contributed by atoms with Crippen molar-refractivity contribution in [3.8, 4) is 10.4 Å². The van der Waals surface area contributed by atoms with Gasteiger partial charge in [-0.3, -0.25) is 14.6 Å². The molecule has 35 heavy (non-hydrogen) atoms. The SMILES string of the molecule is O=C1c2ccc(CN3CCN(Cc4ccc(-c5cccs5)cc4)CC3)cc2CN1C1CCCNC1. The number of amides is 1. The lowest BCUT2D eigenvalue weighted by atomic mass is 10.1. The van der Waals surface area contributed by atoms with Crippen LogP contribution in [-0.2, 0) is 19.6 Å². The second-order valence-corrected chi connectivity index (χ2v) is 11.1. The van der Waals surface area contributed by atoms with E-state index in [0.29, 0.717) is 6.04 Å². The molecule has 0 bridgehead atoms. The molecule has 3 aliphatic heterocycles. The van der Waals surface area contributed by atoms with Gasteiger partial charge in [-0.05, 0) is 59.2 Å². The number of carbonyl (C=O) groups excluding carboxylic acids is 1. The normalized spacial score (nSPS) is 21.4. The van der Waals surface area contributed by atoms with E-state index >= 15 is 0 Å². The van der Waals surface area contributed by atoms with Gasteiger partial charge in [0.1, 0.15) is 0 Å². The number of piperidine rings is 1. The zero-order valence-corrected chi connectivity index (χ0v) is 21.1. The fourth-order valence-electron chi connectivity index (χ4n) is 5.73. The lowest BCUT2D eigenvalue weighted by Gasteiger charge is -2.34. The van der Waals surface area contributed by atoms with Crippen molar-refractivity contribution in [1.82, 2.24) is 20.0 Å². The Balaban J connectivity index is 1.01. The van der Waals surface area contributed by atoms with Crippen LogP contribution in [0.15, 0.2) is 60.0 Å². The predicted molar refractivity (Wildman–Crippen MR) is 143 cm³/mol. The molecule has 4 heterocycles. The summed E-state index contributed by atoms with van der Waals surface area (Å²) in [5.41, 5.74) is 6.15. The minimum absolute atomic E-state index is 0.220. The quantitative estimate of drug-likeness (QED) is 0.559. The van der Waals surface area contributed by atoms with E-state index < -0.39 is 0 Å². The summed E-state index contributed by atoms with van der Waals surface area (Å²) in [6.45, 7) is 9.12. The molecule has 0 aliphatic carbocycles. The van der Waals surface area contributed by atoms with E-state index in [9.17, 15) is 4.79 Å². The zero-order valence-electron chi connectivity index (χ0n) is 20.3. The largest absolute Gasteiger partial charge is 0.330 e. The molecule has 6 rings (SSSR count). The molecular weight excluding hydrogens is 452 g/mol. The summed E-state index contributed by atoms with van der Waals surface area (Å²) in [4.78, 5) is 21.5. The zero-order chi connectivity index (χ0) is 23.6. The fraction of sp³-hybridized carbons (Fsp3) is 0.414. The summed E-state index contributed by atoms with van der Waals surface area (Å²) in [6.07, 6.45) is 2.27. The molecule has 2 aromatic carbocycles. The standard InChI is InChI=1S/C29H34N4OS/c34-29-27-10-7-23(17-25(27)21-33(29)26-3-1-11-30-18-26)20-32-14-12-31(13-15-32)19-22-5-8-24(9-6-22)28-4-2-16-35-28/h2,4-10,16-17,26,30H,1,3,11-15,18-21H2. The first-order chi connectivity index (χ1) is 17.2. The second kappa shape index (κ2) is 10.2. The fourth-order valence-corrected chi connectivity index (χ4v) is 6.46. The molecule has 0 radical (unpaired) electrons. The van der Waals surface area contributed by atoms with E-state index in [0.717, 1.165) is 77.3 Å². The first-order valence-corrected chi connectivity index (χ1v) is 13.8. The van der Waals surface area contributed by atoms with Gasteiger partial charge < -0.3 is 10.2 Å². The minimum Gasteiger partial charge on any atom is -0.330 e. The van der Waals surface area contributed by atoms with Gasteiger partial charge >= 0.3 is 0 Å². The van der Waals surface area contributed by atoms with Gasteiger partial charge in [0, 0.05) is 68.8 Å². The highest BCUT2D eigenvalue weighted by molar-refractivity contribution is 7.13. The third-order valence-electron chi connectivity index (χ3n) is 7.75. The van der Waals surface area contributed by atoms with Crippen LogP contribution in [0, 0.1) is 0 Å². The molecule has 2 fully saturated rings. The number of hydrogen-bond acceptors (Lipinski definition) is 5. The van der Waals surface area contributed by atoms with Gasteiger partial charge in [0.05, 0.1) is 0 Å². The lowest BCUT2D eigenvalue weighted by molar-refractivity contribution is 0.0674. The second-order valence-electron chi connectivity index (χ2n) is 10.2. The van der Waals surface area contributed by atoms with Gasteiger partial charge in [0.25, 0.3) is 5.91 Å². The monoisotopic (exact) mass is 486 g/mol. The van der Waals surface area contributed by atoms with Crippen molar-refractivity contribution in [1.29, 1.82) is 0 Å². The molecule has 2 saturated heterocycles. The van der Waals surface area contributed by atoms with Crippen LogP contribution >= 0.6 is 11.3 Å². The Bertz CT molecular complexity index is 1150. The Morgan fingerprint density at radius 2 is 1.66 bits per heavy atom. The summed E-state index contributed by atoms with van der Waals surface area (Å²) in [5.74, 6) is 0.220. The van der Waals surface area contributed by atoms with Gasteiger partial charge in [-0.2, -0.15) is 0 Å². The van der Waals surface area contributed by atoms with Crippen LogP contribution in [-0.4, -0.2) is 65.9 Å². The van der Waals surface area contributed by atoms with Gasteiger partial charge in [-0.15, -0.1) is 11.3 Å². The van der Waals surface area contributed by atoms with Gasteiger partial charge in [0.2, 0.25) is 0 Å². The molecule has 1 aromatic heterocycles. The first-order valence-electron chi connectivity index (χ1n) is 12.9. The van der Waals surface area contributed by atoms with Crippen LogP contribution in [0.3, 0.4) is 0 Å². The summed E-state index contributed by atoms with van der Waals surface area (Å²) in [7, 11) is 0. The lowest BCUT2D eigenvalue weighted by Crippen LogP contribution is -2.46. The Morgan fingerprint density at radius 3 is 2.34 bits per heavy atom. The highest BCUT2D eigenvalue weighted by Gasteiger charge is 2.33. The molecule has 3 aliphatic rings. The summed E-state index contributed by atoms with van der Waals surface area (Å²) >= 11 is 1.79. The van der Waals surface area contributed by atoms with E-state index in [1.165, 1.54) is 27.1 Å². The molecule has 3 aromatic rings. The van der Waals surface area contributed by atoms with E-state index in [-0.39, 0.29) is 5.91 Å². The highest BCUT2D eigenvalue weighted by Crippen LogP contribution is 2.28. The number of carbonyl (C=O) groups is 1. The van der Waals surface area contributed by atoms with Crippen molar-refractivity contribution in [2.45, 2.75) is 38.5 Å². The van der Waals surface area contributed by atoms with Crippen molar-refractivity contribution < 1.29 is 4.79 Å². The third-order valence-corrected chi connectivity index (χ3v) is 8.67. The average Bonchev–Trinajstić information content (AvgIpc) is 3.55. The van der Waals surface area contributed by atoms with Gasteiger partial charge in [0.15, 0.2) is 0 Å². The Kier molecular flexibility index (Phi) is 6.70. The average molecular weight is 487 g/mol. The smallest absolute Gasteiger partial charge is 0.254 e. The minimum atomic E-state index is 0.220. The van der Waals surface area contributed by atoms with Crippen LogP contribution in [0.1, 0.15) is 39.9 Å². The molecule has 0 saturated carbocycles. The molecule has 182 valence electrons. The van der Waals surface area contributed by atoms with E-state index in [4.69, 9.17) is 0 Å². The summed E-state index contributed by atoms with van der Waals surface area (Å²) < 4.78 is 0. The molecular formula is C29H34N4OS. The Labute approximate surface area is 212 Å². The maximum Gasteiger partial charge on any atom is 0.254 e. The first kappa shape index (κ1) is 22.9. The van der Waals surface area contributed by atoms with Crippen molar-refractivity contribution in [3.05, 3.63) is 82.2 Å². The molecule has 1 amide bonds. The number of thiophene rings is 1. The van der Waals surface area contributed by atoms with Crippen LogP contribution < -0.4 is 5.32 Å². The number of nitrogens with zero attached hydrogens (tertiary/aromatic N) is 3. The van der Waals surface area contributed by atoms with Crippen molar-refractivity contribution in [3.63, 3.8) is 0 Å². The Hall–Kier alpha value is -2.51. The van der Waals surface area contributed by atoms with Crippen molar-refractivity contribution >= 4 is 17.2 Å². The molecule has 6 heteroatoms. The van der Waals surface area contributed by atoms with Crippen LogP contribution in [0.25, 0.3) is 10.4 Å². The summed E-state index contributed by atoms with van der Waals surface area (Å²) in [6, 6.07) is 20.2. The summed E-state index contributed by atoms with van der Waals surface area (Å²) in [5, 5.41) is 5.58. The number of benzene rings is 2. The topological polar surface area (TPSA) is 38.8 Å². The van der Waals surface area contributed by atoms with Crippen molar-refractivity contribution in [2.24, 2.45) is 0 Å². The maximum atomic E-state index is 12.9. The van der Waals surface area contributed by atoms with E-state index in [1.54, 1.807) is 11.3 Å². The van der Waals surface area contributed by atoms with Gasteiger partial charge in [-0.1, -0.05) is 42.5 Å². The van der Waals surface area contributed by atoms with E-state index in [1.807, 2.05) is 0 Å². The number of fused-ring (bicyclic) bond motifs is 1. The maximum absolute atomic E-state index is 12.9. The number of nitrogens with one attached hydrogen (secondary N) is 1. The number of rotatable bonds is 6. The number of piperazine rings is 1. The van der Waals surface area contributed by atoms with Crippen LogP contribution in [0.2, 0.25) is 0 Å².